The third-order valence-corrected chi connectivity index (χ3v) is 6.42. The van der Waals surface area contributed by atoms with E-state index in [2.05, 4.69) is 54.1 Å². The van der Waals surface area contributed by atoms with Crippen molar-refractivity contribution in [3.8, 4) is 5.75 Å². The Labute approximate surface area is 168 Å². The average molecular weight is 379 g/mol. The van der Waals surface area contributed by atoms with E-state index in [9.17, 15) is 4.79 Å². The van der Waals surface area contributed by atoms with Gasteiger partial charge in [-0.25, -0.2) is 0 Å². The fourth-order valence-corrected chi connectivity index (χ4v) is 5.06. The predicted molar refractivity (Wildman–Crippen MR) is 112 cm³/mol. The molecule has 2 saturated heterocycles. The number of aryl methyl sites for hydroxylation is 1. The molecule has 0 bridgehead atoms. The molecule has 1 amide bonds. The largest absolute Gasteiger partial charge is 0.497 e. The van der Waals surface area contributed by atoms with E-state index in [-0.39, 0.29) is 11.9 Å². The van der Waals surface area contributed by atoms with Crippen LogP contribution in [0.15, 0.2) is 48.5 Å². The average Bonchev–Trinajstić information content (AvgIpc) is 3.05. The van der Waals surface area contributed by atoms with Gasteiger partial charge in [0.1, 0.15) is 5.75 Å². The molecule has 4 rings (SSSR count). The zero-order valence-corrected chi connectivity index (χ0v) is 17.1. The summed E-state index contributed by atoms with van der Waals surface area (Å²) in [6, 6.07) is 17.4. The van der Waals surface area contributed by atoms with Gasteiger partial charge in [-0.15, -0.1) is 0 Å². The van der Waals surface area contributed by atoms with E-state index in [0.29, 0.717) is 18.4 Å². The highest BCUT2D eigenvalue weighted by Gasteiger charge is 2.46. The maximum atomic E-state index is 13.3. The van der Waals surface area contributed by atoms with E-state index >= 15 is 0 Å². The van der Waals surface area contributed by atoms with Crippen LogP contribution >= 0.6 is 0 Å². The van der Waals surface area contributed by atoms with Crippen LogP contribution in [0.2, 0.25) is 0 Å². The number of ether oxygens (including phenoxy) is 1. The summed E-state index contributed by atoms with van der Waals surface area (Å²) in [5.41, 5.74) is 3.62. The molecule has 148 valence electrons. The second-order valence-electron chi connectivity index (χ2n) is 8.27. The Morgan fingerprint density at radius 2 is 1.96 bits per heavy atom. The molecular formula is C24H30N2O2. The molecule has 2 aliphatic heterocycles. The molecule has 28 heavy (non-hydrogen) atoms. The summed E-state index contributed by atoms with van der Waals surface area (Å²) in [4.78, 5) is 17.9. The van der Waals surface area contributed by atoms with Gasteiger partial charge in [0.15, 0.2) is 0 Å². The molecule has 2 aromatic carbocycles. The normalized spacial score (nSPS) is 24.8. The lowest BCUT2D eigenvalue weighted by atomic mass is 9.85. The minimum Gasteiger partial charge on any atom is -0.497 e. The Hall–Kier alpha value is -2.33. The molecule has 0 aromatic heterocycles. The van der Waals surface area contributed by atoms with Crippen molar-refractivity contribution in [2.24, 2.45) is 0 Å². The summed E-state index contributed by atoms with van der Waals surface area (Å²) in [5.74, 6) is 1.49. The smallest absolute Gasteiger partial charge is 0.227 e. The van der Waals surface area contributed by atoms with Crippen LogP contribution < -0.4 is 4.74 Å². The van der Waals surface area contributed by atoms with Crippen LogP contribution in [-0.2, 0) is 11.2 Å². The molecule has 0 saturated carbocycles. The summed E-state index contributed by atoms with van der Waals surface area (Å²) < 4.78 is 5.32. The van der Waals surface area contributed by atoms with E-state index in [1.54, 1.807) is 7.11 Å². The Balaban J connectivity index is 1.58. The molecule has 4 nitrogen and oxygen atoms in total. The molecule has 4 heteroatoms. The highest BCUT2D eigenvalue weighted by Crippen LogP contribution is 2.39. The first-order chi connectivity index (χ1) is 13.6. The van der Waals surface area contributed by atoms with Crippen LogP contribution in [-0.4, -0.2) is 55.0 Å². The first kappa shape index (κ1) is 19.0. The lowest BCUT2D eigenvalue weighted by molar-refractivity contribution is -0.135. The van der Waals surface area contributed by atoms with Gasteiger partial charge in [0.2, 0.25) is 5.91 Å². The first-order valence-corrected chi connectivity index (χ1v) is 10.3. The van der Waals surface area contributed by atoms with Crippen molar-refractivity contribution >= 4 is 5.91 Å². The minimum absolute atomic E-state index is 0.254. The number of likely N-dealkylation sites (N-methyl/N-ethyl adjacent to an activating group) is 1. The van der Waals surface area contributed by atoms with Crippen molar-refractivity contribution in [1.29, 1.82) is 0 Å². The summed E-state index contributed by atoms with van der Waals surface area (Å²) >= 11 is 0. The molecule has 2 fully saturated rings. The zero-order valence-electron chi connectivity index (χ0n) is 17.1. The van der Waals surface area contributed by atoms with Crippen molar-refractivity contribution in [2.45, 2.75) is 44.2 Å². The van der Waals surface area contributed by atoms with E-state index in [1.807, 2.05) is 18.2 Å². The number of nitrogens with zero attached hydrogens (tertiary/aromatic N) is 2. The van der Waals surface area contributed by atoms with Crippen molar-refractivity contribution < 1.29 is 9.53 Å². The van der Waals surface area contributed by atoms with Crippen LogP contribution in [0.25, 0.3) is 0 Å². The summed E-state index contributed by atoms with van der Waals surface area (Å²) in [6.45, 7) is 3.94. The molecule has 2 heterocycles. The van der Waals surface area contributed by atoms with Crippen molar-refractivity contribution in [3.63, 3.8) is 0 Å². The number of benzene rings is 2. The number of carbonyl (C=O) groups excluding carboxylic acids is 1. The number of hydrogen-bond donors (Lipinski definition) is 0. The lowest BCUT2D eigenvalue weighted by Crippen LogP contribution is -2.53. The summed E-state index contributed by atoms with van der Waals surface area (Å²) in [5, 5.41) is 0. The highest BCUT2D eigenvalue weighted by molar-refractivity contribution is 5.79. The van der Waals surface area contributed by atoms with Gasteiger partial charge >= 0.3 is 0 Å². The second kappa shape index (κ2) is 7.96. The number of likely N-dealkylation sites (tertiary alicyclic amines) is 2. The van der Waals surface area contributed by atoms with E-state index in [0.717, 1.165) is 30.8 Å². The monoisotopic (exact) mass is 378 g/mol. The van der Waals surface area contributed by atoms with E-state index in [4.69, 9.17) is 4.74 Å². The molecule has 0 aliphatic carbocycles. The summed E-state index contributed by atoms with van der Waals surface area (Å²) in [7, 11) is 3.90. The number of carbonyl (C=O) groups is 1. The Bertz CT molecular complexity index is 833. The lowest BCUT2D eigenvalue weighted by Gasteiger charge is -2.41. The quantitative estimate of drug-likeness (QED) is 0.814. The Morgan fingerprint density at radius 3 is 2.68 bits per heavy atom. The number of hydrogen-bond acceptors (Lipinski definition) is 3. The number of piperidine rings is 1. The van der Waals surface area contributed by atoms with Crippen molar-refractivity contribution in [1.82, 2.24) is 9.80 Å². The van der Waals surface area contributed by atoms with Gasteiger partial charge in [0, 0.05) is 25.0 Å². The SMILES string of the molecule is COc1ccc([C@H]2CN(C)[C@@H]3CCCN(C(=O)Cc4cccc(C)c4)[C@H]23)cc1. The van der Waals surface area contributed by atoms with Gasteiger partial charge in [-0.1, -0.05) is 42.0 Å². The molecular weight excluding hydrogens is 348 g/mol. The van der Waals surface area contributed by atoms with Crippen LogP contribution in [0, 0.1) is 6.92 Å². The molecule has 0 unspecified atom stereocenters. The van der Waals surface area contributed by atoms with E-state index in [1.165, 1.54) is 17.5 Å². The van der Waals surface area contributed by atoms with Crippen molar-refractivity contribution in [2.75, 3.05) is 27.2 Å². The van der Waals surface area contributed by atoms with Crippen LogP contribution in [0.4, 0.5) is 0 Å². The second-order valence-corrected chi connectivity index (χ2v) is 8.27. The number of fused-ring (bicyclic) bond motifs is 1. The predicted octanol–water partition coefficient (Wildman–Crippen LogP) is 3.63. The maximum Gasteiger partial charge on any atom is 0.227 e. The number of rotatable bonds is 4. The van der Waals surface area contributed by atoms with Crippen LogP contribution in [0.5, 0.6) is 5.75 Å². The van der Waals surface area contributed by atoms with Gasteiger partial charge in [-0.3, -0.25) is 4.79 Å². The first-order valence-electron chi connectivity index (χ1n) is 10.3. The molecule has 3 atom stereocenters. The van der Waals surface area contributed by atoms with Gasteiger partial charge in [0.05, 0.1) is 19.6 Å². The molecule has 2 aromatic rings. The number of amides is 1. The Kier molecular flexibility index (Phi) is 5.40. The van der Waals surface area contributed by atoms with Gasteiger partial charge in [0.25, 0.3) is 0 Å². The zero-order chi connectivity index (χ0) is 19.7. The molecule has 2 aliphatic rings. The topological polar surface area (TPSA) is 32.8 Å². The third-order valence-electron chi connectivity index (χ3n) is 6.42. The minimum atomic E-state index is 0.254. The standard InChI is InChI=1S/C24H30N2O2/c1-17-6-4-7-18(14-17)15-23(27)26-13-5-8-22-24(26)21(16-25(22)2)19-9-11-20(28-3)12-10-19/h4,6-7,9-12,14,21-22,24H,5,8,13,15-16H2,1-3H3/t21-,22-,24-/m1/s1. The number of methoxy groups -OCH3 is 1. The van der Waals surface area contributed by atoms with Gasteiger partial charge < -0.3 is 14.5 Å². The maximum absolute atomic E-state index is 13.3. The van der Waals surface area contributed by atoms with Crippen LogP contribution in [0.3, 0.4) is 0 Å². The van der Waals surface area contributed by atoms with E-state index < -0.39 is 0 Å². The third kappa shape index (κ3) is 3.66. The van der Waals surface area contributed by atoms with Gasteiger partial charge in [-0.05, 0) is 50.1 Å². The fraction of sp³-hybridized carbons (Fsp3) is 0.458. The van der Waals surface area contributed by atoms with Crippen molar-refractivity contribution in [3.05, 3.63) is 65.2 Å². The fourth-order valence-electron chi connectivity index (χ4n) is 5.06. The molecule has 0 N–H and O–H groups in total. The van der Waals surface area contributed by atoms with Crippen LogP contribution in [0.1, 0.15) is 35.4 Å². The molecule has 0 spiro atoms. The Morgan fingerprint density at radius 1 is 1.18 bits per heavy atom. The highest BCUT2D eigenvalue weighted by atomic mass is 16.5. The van der Waals surface area contributed by atoms with Gasteiger partial charge in [-0.2, -0.15) is 0 Å². The molecule has 0 radical (unpaired) electrons. The summed E-state index contributed by atoms with van der Waals surface area (Å²) in [6.07, 6.45) is 2.74.